The lowest BCUT2D eigenvalue weighted by Crippen LogP contribution is -2.59. The smallest absolute Gasteiger partial charge is 0.312 e. The van der Waals surface area contributed by atoms with Crippen LogP contribution in [0.3, 0.4) is 0 Å². The number of ketones is 1. The maximum absolute atomic E-state index is 13.1. The zero-order chi connectivity index (χ0) is 22.5. The standard InChI is InChI=1S/C23H24FN3O4/c1-3-20(21(29)25-19-10-6-17(7-11-19)15(2)28)27-13-12-26(22(30)23(27)31)14-16-4-8-18(24)9-5-16/h4-11,20H,3,12-14H2,1-2H3,(H,25,29)/t20-/m1/s1. The van der Waals surface area contributed by atoms with Crippen LogP contribution in [0, 0.1) is 5.82 Å². The molecule has 1 aliphatic heterocycles. The number of benzene rings is 2. The highest BCUT2D eigenvalue weighted by atomic mass is 19.1. The molecule has 162 valence electrons. The number of rotatable bonds is 7. The third kappa shape index (κ3) is 5.14. The molecule has 0 spiro atoms. The highest BCUT2D eigenvalue weighted by Gasteiger charge is 2.38. The van der Waals surface area contributed by atoms with E-state index in [2.05, 4.69) is 5.32 Å². The number of halogens is 1. The molecule has 1 saturated heterocycles. The summed E-state index contributed by atoms with van der Waals surface area (Å²) in [4.78, 5) is 52.2. The number of piperazine rings is 1. The number of amides is 3. The van der Waals surface area contributed by atoms with Crippen molar-refractivity contribution < 1.29 is 23.6 Å². The van der Waals surface area contributed by atoms with Gasteiger partial charge >= 0.3 is 11.8 Å². The lowest BCUT2D eigenvalue weighted by atomic mass is 10.1. The first-order valence-corrected chi connectivity index (χ1v) is 10.1. The van der Waals surface area contributed by atoms with E-state index >= 15 is 0 Å². The van der Waals surface area contributed by atoms with Crippen molar-refractivity contribution in [3.8, 4) is 0 Å². The number of nitrogens with zero attached hydrogens (tertiary/aromatic N) is 2. The van der Waals surface area contributed by atoms with Gasteiger partial charge in [-0.25, -0.2) is 4.39 Å². The quantitative estimate of drug-likeness (QED) is 0.546. The zero-order valence-electron chi connectivity index (χ0n) is 17.4. The average molecular weight is 425 g/mol. The molecule has 1 fully saturated rings. The fraction of sp³-hybridized carbons (Fsp3) is 0.304. The number of anilines is 1. The molecule has 7 nitrogen and oxygen atoms in total. The summed E-state index contributed by atoms with van der Waals surface area (Å²) in [5.74, 6) is -2.27. The van der Waals surface area contributed by atoms with Gasteiger partial charge in [0.2, 0.25) is 5.91 Å². The van der Waals surface area contributed by atoms with Gasteiger partial charge in [0.15, 0.2) is 5.78 Å². The highest BCUT2D eigenvalue weighted by Crippen LogP contribution is 2.17. The van der Waals surface area contributed by atoms with Crippen LogP contribution in [0.1, 0.15) is 36.2 Å². The van der Waals surface area contributed by atoms with Gasteiger partial charge in [0.05, 0.1) is 0 Å². The molecular formula is C23H24FN3O4. The molecule has 0 aromatic heterocycles. The second-order valence-electron chi connectivity index (χ2n) is 7.40. The first kappa shape index (κ1) is 22.1. The second-order valence-corrected chi connectivity index (χ2v) is 7.40. The molecule has 3 rings (SSSR count). The fourth-order valence-corrected chi connectivity index (χ4v) is 3.51. The van der Waals surface area contributed by atoms with Crippen LogP contribution in [0.5, 0.6) is 0 Å². The van der Waals surface area contributed by atoms with Crippen LogP contribution in [-0.2, 0) is 20.9 Å². The third-order valence-electron chi connectivity index (χ3n) is 5.25. The molecule has 2 aromatic rings. The number of Topliss-reactive ketones (excluding diaryl/α,β-unsaturated/α-hetero) is 1. The lowest BCUT2D eigenvalue weighted by molar-refractivity contribution is -0.159. The Balaban J connectivity index is 1.65. The largest absolute Gasteiger partial charge is 0.328 e. The van der Waals surface area contributed by atoms with Crippen molar-refractivity contribution in [2.45, 2.75) is 32.9 Å². The van der Waals surface area contributed by atoms with E-state index in [-0.39, 0.29) is 31.2 Å². The van der Waals surface area contributed by atoms with Crippen molar-refractivity contribution in [3.05, 3.63) is 65.5 Å². The summed E-state index contributed by atoms with van der Waals surface area (Å²) < 4.78 is 13.1. The summed E-state index contributed by atoms with van der Waals surface area (Å²) in [6.07, 6.45) is 0.342. The van der Waals surface area contributed by atoms with E-state index in [1.165, 1.54) is 28.9 Å². The van der Waals surface area contributed by atoms with Crippen LogP contribution in [0.2, 0.25) is 0 Å². The molecular weight excluding hydrogens is 401 g/mol. The summed E-state index contributed by atoms with van der Waals surface area (Å²) in [6, 6.07) is 11.4. The fourth-order valence-electron chi connectivity index (χ4n) is 3.51. The third-order valence-corrected chi connectivity index (χ3v) is 5.25. The molecule has 31 heavy (non-hydrogen) atoms. The van der Waals surface area contributed by atoms with Gasteiger partial charge in [0.25, 0.3) is 0 Å². The van der Waals surface area contributed by atoms with Crippen molar-refractivity contribution in [2.75, 3.05) is 18.4 Å². The van der Waals surface area contributed by atoms with E-state index in [0.29, 0.717) is 17.7 Å². The number of nitrogens with one attached hydrogen (secondary N) is 1. The maximum Gasteiger partial charge on any atom is 0.312 e. The molecule has 0 bridgehead atoms. The average Bonchev–Trinajstić information content (AvgIpc) is 2.75. The topological polar surface area (TPSA) is 86.8 Å². The minimum Gasteiger partial charge on any atom is -0.328 e. The molecule has 8 heteroatoms. The van der Waals surface area contributed by atoms with E-state index in [9.17, 15) is 23.6 Å². The molecule has 0 aliphatic carbocycles. The van der Waals surface area contributed by atoms with Gasteiger partial charge in [-0.05, 0) is 55.3 Å². The van der Waals surface area contributed by atoms with E-state index in [1.54, 1.807) is 43.3 Å². The van der Waals surface area contributed by atoms with Crippen molar-refractivity contribution >= 4 is 29.2 Å². The molecule has 3 amide bonds. The van der Waals surface area contributed by atoms with Crippen LogP contribution >= 0.6 is 0 Å². The lowest BCUT2D eigenvalue weighted by Gasteiger charge is -2.37. The molecule has 1 aliphatic rings. The Labute approximate surface area is 179 Å². The van der Waals surface area contributed by atoms with Crippen LogP contribution < -0.4 is 5.32 Å². The Kier molecular flexibility index (Phi) is 6.79. The van der Waals surface area contributed by atoms with Gasteiger partial charge in [0.1, 0.15) is 11.9 Å². The predicted molar refractivity (Wildman–Crippen MR) is 113 cm³/mol. The SMILES string of the molecule is CC[C@H](C(=O)Nc1ccc(C(C)=O)cc1)N1CCN(Cc2ccc(F)cc2)C(=O)C1=O. The molecule has 1 atom stereocenters. The predicted octanol–water partition coefficient (Wildman–Crippen LogP) is 2.62. The zero-order valence-corrected chi connectivity index (χ0v) is 17.4. The molecule has 2 aromatic carbocycles. The van der Waals surface area contributed by atoms with Crippen LogP contribution in [0.15, 0.2) is 48.5 Å². The van der Waals surface area contributed by atoms with Crippen LogP contribution in [0.25, 0.3) is 0 Å². The number of carbonyl (C=O) groups excluding carboxylic acids is 4. The van der Waals surface area contributed by atoms with Gasteiger partial charge in [-0.2, -0.15) is 0 Å². The Bertz CT molecular complexity index is 989. The normalized spacial score (nSPS) is 15.1. The monoisotopic (exact) mass is 425 g/mol. The second kappa shape index (κ2) is 9.51. The molecule has 0 radical (unpaired) electrons. The molecule has 0 unspecified atom stereocenters. The number of carbonyl (C=O) groups is 4. The first-order valence-electron chi connectivity index (χ1n) is 10.1. The first-order chi connectivity index (χ1) is 14.8. The van der Waals surface area contributed by atoms with E-state index < -0.39 is 23.8 Å². The van der Waals surface area contributed by atoms with Gasteiger partial charge in [-0.1, -0.05) is 19.1 Å². The number of hydrogen-bond donors (Lipinski definition) is 1. The molecule has 0 saturated carbocycles. The Morgan fingerprint density at radius 3 is 2.23 bits per heavy atom. The van der Waals surface area contributed by atoms with Crippen molar-refractivity contribution in [3.63, 3.8) is 0 Å². The van der Waals surface area contributed by atoms with E-state index in [0.717, 1.165) is 5.56 Å². The summed E-state index contributed by atoms with van der Waals surface area (Å²) in [5, 5.41) is 2.74. The molecule has 1 heterocycles. The molecule has 1 N–H and O–H groups in total. The van der Waals surface area contributed by atoms with E-state index in [1.807, 2.05) is 0 Å². The summed E-state index contributed by atoms with van der Waals surface area (Å²) in [6.45, 7) is 3.93. The summed E-state index contributed by atoms with van der Waals surface area (Å²) in [5.41, 5.74) is 1.75. The van der Waals surface area contributed by atoms with E-state index in [4.69, 9.17) is 0 Å². The minimum absolute atomic E-state index is 0.0769. The Hall–Kier alpha value is -3.55. The maximum atomic E-state index is 13.1. The van der Waals surface area contributed by atoms with Gasteiger partial charge in [0, 0.05) is 30.9 Å². The van der Waals surface area contributed by atoms with Gasteiger partial charge in [-0.3, -0.25) is 19.2 Å². The number of hydrogen-bond acceptors (Lipinski definition) is 4. The summed E-state index contributed by atoms with van der Waals surface area (Å²) in [7, 11) is 0. The van der Waals surface area contributed by atoms with Crippen molar-refractivity contribution in [1.29, 1.82) is 0 Å². The van der Waals surface area contributed by atoms with Crippen LogP contribution in [0.4, 0.5) is 10.1 Å². The highest BCUT2D eigenvalue weighted by molar-refractivity contribution is 6.35. The minimum atomic E-state index is -0.795. The van der Waals surface area contributed by atoms with Gasteiger partial charge < -0.3 is 15.1 Å². The van der Waals surface area contributed by atoms with Crippen molar-refractivity contribution in [1.82, 2.24) is 9.80 Å². The van der Waals surface area contributed by atoms with Crippen molar-refractivity contribution in [2.24, 2.45) is 0 Å². The summed E-state index contributed by atoms with van der Waals surface area (Å²) >= 11 is 0. The Morgan fingerprint density at radius 1 is 1.00 bits per heavy atom. The van der Waals surface area contributed by atoms with Gasteiger partial charge in [-0.15, -0.1) is 0 Å². The van der Waals surface area contributed by atoms with Crippen LogP contribution in [-0.4, -0.2) is 52.4 Å². The Morgan fingerprint density at radius 2 is 1.65 bits per heavy atom.